The van der Waals surface area contributed by atoms with Gasteiger partial charge < -0.3 is 54.3 Å². The van der Waals surface area contributed by atoms with E-state index in [4.69, 9.17) is 23.7 Å². The third-order valence-electron chi connectivity index (χ3n) is 6.35. The van der Waals surface area contributed by atoms with Crippen molar-refractivity contribution in [3.63, 3.8) is 0 Å². The molecule has 2 heterocycles. The quantitative estimate of drug-likeness (QED) is 0.266. The number of carbonyl (C=O) groups excluding carboxylic acids is 1. The molecule has 2 aliphatic heterocycles. The highest BCUT2D eigenvalue weighted by Gasteiger charge is 2.46. The predicted molar refractivity (Wildman–Crippen MR) is 120 cm³/mol. The van der Waals surface area contributed by atoms with Crippen molar-refractivity contribution in [1.29, 1.82) is 0 Å². The Morgan fingerprint density at radius 3 is 2.31 bits per heavy atom. The van der Waals surface area contributed by atoms with Gasteiger partial charge in [0.2, 0.25) is 6.29 Å². The molecule has 0 saturated carbocycles. The van der Waals surface area contributed by atoms with Gasteiger partial charge in [0.15, 0.2) is 23.0 Å². The molecule has 12 nitrogen and oxygen atoms in total. The molecule has 7 atom stereocenters. The number of hydrogen-bond donors (Lipinski definition) is 6. The number of hydrogen-bond acceptors (Lipinski definition) is 12. The largest absolute Gasteiger partial charge is 0.504 e. The van der Waals surface area contributed by atoms with Crippen LogP contribution in [0.4, 0.5) is 0 Å². The third kappa shape index (κ3) is 4.54. The maximum absolute atomic E-state index is 13.0. The highest BCUT2D eigenvalue weighted by Crippen LogP contribution is 2.51. The number of carbonyl (C=O) groups is 1. The Bertz CT molecular complexity index is 1100. The van der Waals surface area contributed by atoms with E-state index in [-0.39, 0.29) is 29.4 Å². The minimum Gasteiger partial charge on any atom is -0.504 e. The SMILES string of the molecule is COc1cc([C@H]2Oc3c(OC)cc(C(=O)O[C@@H]4O[C@H](CO)[C@@H](O)[C@H](O)[C@H]4O)cc3[C@@H]2CO)ccc1O. The number of phenols is 1. The summed E-state index contributed by atoms with van der Waals surface area (Å²) in [4.78, 5) is 13.0. The summed E-state index contributed by atoms with van der Waals surface area (Å²) in [5.41, 5.74) is 1.04. The Morgan fingerprint density at radius 2 is 1.67 bits per heavy atom. The zero-order chi connectivity index (χ0) is 26.1. The summed E-state index contributed by atoms with van der Waals surface area (Å²) in [6.07, 6.45) is -8.66. The van der Waals surface area contributed by atoms with Crippen molar-refractivity contribution in [2.75, 3.05) is 27.4 Å². The van der Waals surface area contributed by atoms with Crippen LogP contribution in [0, 0.1) is 0 Å². The van der Waals surface area contributed by atoms with Crippen molar-refractivity contribution < 1.29 is 59.1 Å². The van der Waals surface area contributed by atoms with E-state index in [0.717, 1.165) is 0 Å². The average molecular weight is 508 g/mol. The first-order valence-corrected chi connectivity index (χ1v) is 11.1. The standard InChI is InChI=1S/C24H28O12/c1-32-15-6-10(3-4-14(15)27)21-13(8-25)12-5-11(7-16(33-2)22(12)35-21)23(31)36-24-20(30)19(29)18(28)17(9-26)34-24/h3-7,13,17-21,24-30H,8-9H2,1-2H3/t13-,17+,18+,19-,20+,21+,24-/m0/s1. The number of ether oxygens (including phenoxy) is 5. The van der Waals surface area contributed by atoms with E-state index < -0.39 is 55.3 Å². The van der Waals surface area contributed by atoms with Crippen molar-refractivity contribution in [2.24, 2.45) is 0 Å². The smallest absolute Gasteiger partial charge is 0.340 e. The van der Waals surface area contributed by atoms with Gasteiger partial charge >= 0.3 is 5.97 Å². The summed E-state index contributed by atoms with van der Waals surface area (Å²) in [5, 5.41) is 59.5. The van der Waals surface area contributed by atoms with Crippen molar-refractivity contribution in [2.45, 2.75) is 42.7 Å². The van der Waals surface area contributed by atoms with Crippen LogP contribution in [0.3, 0.4) is 0 Å². The molecule has 6 N–H and O–H groups in total. The molecule has 2 aromatic carbocycles. The van der Waals surface area contributed by atoms with Gasteiger partial charge in [0.25, 0.3) is 0 Å². The number of aliphatic hydroxyl groups is 5. The van der Waals surface area contributed by atoms with Gasteiger partial charge in [0.1, 0.15) is 30.5 Å². The molecule has 0 aromatic heterocycles. The number of phenolic OH excluding ortho intramolecular Hbond substituents is 1. The molecule has 0 aliphatic carbocycles. The molecule has 2 aliphatic rings. The van der Waals surface area contributed by atoms with Gasteiger partial charge in [-0.1, -0.05) is 6.07 Å². The van der Waals surface area contributed by atoms with Crippen LogP contribution in [-0.4, -0.2) is 94.7 Å². The minimum absolute atomic E-state index is 0.0199. The number of fused-ring (bicyclic) bond motifs is 1. The van der Waals surface area contributed by atoms with Crippen LogP contribution in [0.2, 0.25) is 0 Å². The molecule has 196 valence electrons. The number of aromatic hydroxyl groups is 1. The highest BCUT2D eigenvalue weighted by atomic mass is 16.7. The predicted octanol–water partition coefficient (Wildman–Crippen LogP) is -0.424. The lowest BCUT2D eigenvalue weighted by Crippen LogP contribution is -2.59. The monoisotopic (exact) mass is 508 g/mol. The van der Waals surface area contributed by atoms with E-state index in [1.54, 1.807) is 12.1 Å². The van der Waals surface area contributed by atoms with Gasteiger partial charge in [-0.2, -0.15) is 0 Å². The highest BCUT2D eigenvalue weighted by molar-refractivity contribution is 5.91. The van der Waals surface area contributed by atoms with Gasteiger partial charge in [-0.3, -0.25) is 0 Å². The van der Waals surface area contributed by atoms with Crippen LogP contribution in [0.25, 0.3) is 0 Å². The summed E-state index contributed by atoms with van der Waals surface area (Å²) >= 11 is 0. The summed E-state index contributed by atoms with van der Waals surface area (Å²) < 4.78 is 27.1. The van der Waals surface area contributed by atoms with E-state index >= 15 is 0 Å². The van der Waals surface area contributed by atoms with Gasteiger partial charge in [0, 0.05) is 5.56 Å². The first-order valence-electron chi connectivity index (χ1n) is 11.1. The lowest BCUT2D eigenvalue weighted by molar-refractivity contribution is -0.285. The summed E-state index contributed by atoms with van der Waals surface area (Å²) in [7, 11) is 2.78. The second-order valence-corrected chi connectivity index (χ2v) is 8.46. The Balaban J connectivity index is 1.63. The lowest BCUT2D eigenvalue weighted by Gasteiger charge is -2.39. The first-order chi connectivity index (χ1) is 17.2. The first kappa shape index (κ1) is 25.9. The van der Waals surface area contributed by atoms with Crippen LogP contribution < -0.4 is 14.2 Å². The fourth-order valence-electron chi connectivity index (χ4n) is 4.37. The zero-order valence-corrected chi connectivity index (χ0v) is 19.5. The van der Waals surface area contributed by atoms with E-state index in [1.807, 2.05) is 0 Å². The van der Waals surface area contributed by atoms with Gasteiger partial charge in [-0.05, 0) is 29.8 Å². The molecule has 0 spiro atoms. The number of esters is 1. The Kier molecular flexibility index (Phi) is 7.54. The van der Waals surface area contributed by atoms with Crippen LogP contribution in [0.15, 0.2) is 30.3 Å². The number of methoxy groups -OCH3 is 2. The van der Waals surface area contributed by atoms with Crippen molar-refractivity contribution >= 4 is 5.97 Å². The molecule has 0 unspecified atom stereocenters. The van der Waals surface area contributed by atoms with Crippen LogP contribution in [0.5, 0.6) is 23.0 Å². The third-order valence-corrected chi connectivity index (χ3v) is 6.35. The maximum Gasteiger partial charge on any atom is 0.340 e. The molecule has 4 rings (SSSR count). The van der Waals surface area contributed by atoms with Gasteiger partial charge in [-0.15, -0.1) is 0 Å². The minimum atomic E-state index is -1.76. The molecule has 12 heteroatoms. The summed E-state index contributed by atoms with van der Waals surface area (Å²) in [5.74, 6) is -0.930. The second kappa shape index (κ2) is 10.5. The second-order valence-electron chi connectivity index (χ2n) is 8.46. The van der Waals surface area contributed by atoms with Crippen molar-refractivity contribution in [3.05, 3.63) is 47.0 Å². The Hall–Kier alpha value is -3.13. The van der Waals surface area contributed by atoms with E-state index in [9.17, 15) is 35.4 Å². The summed E-state index contributed by atoms with van der Waals surface area (Å²) in [6.45, 7) is -1.03. The normalized spacial score (nSPS) is 29.2. The fourth-order valence-corrected chi connectivity index (χ4v) is 4.37. The Morgan fingerprint density at radius 1 is 0.944 bits per heavy atom. The van der Waals surface area contributed by atoms with E-state index in [2.05, 4.69) is 0 Å². The fraction of sp³-hybridized carbons (Fsp3) is 0.458. The van der Waals surface area contributed by atoms with Gasteiger partial charge in [-0.25, -0.2) is 4.79 Å². The van der Waals surface area contributed by atoms with E-state index in [0.29, 0.717) is 16.9 Å². The molecule has 0 bridgehead atoms. The van der Waals surface area contributed by atoms with Gasteiger partial charge in [0.05, 0.1) is 38.9 Å². The van der Waals surface area contributed by atoms with Crippen LogP contribution in [-0.2, 0) is 9.47 Å². The number of aliphatic hydroxyl groups excluding tert-OH is 5. The van der Waals surface area contributed by atoms with Crippen molar-refractivity contribution in [1.82, 2.24) is 0 Å². The summed E-state index contributed by atoms with van der Waals surface area (Å²) in [6, 6.07) is 7.44. The molecule has 0 radical (unpaired) electrons. The molecular formula is C24H28O12. The zero-order valence-electron chi connectivity index (χ0n) is 19.5. The maximum atomic E-state index is 13.0. The molecule has 1 fully saturated rings. The molecule has 2 aromatic rings. The molecule has 1 saturated heterocycles. The molecule has 36 heavy (non-hydrogen) atoms. The van der Waals surface area contributed by atoms with Crippen LogP contribution in [0.1, 0.15) is 33.5 Å². The molecule has 0 amide bonds. The average Bonchev–Trinajstić information content (AvgIpc) is 3.27. The Labute approximate surface area is 205 Å². The molecular weight excluding hydrogens is 480 g/mol. The van der Waals surface area contributed by atoms with Crippen molar-refractivity contribution in [3.8, 4) is 23.0 Å². The number of benzene rings is 2. The topological polar surface area (TPSA) is 185 Å². The number of rotatable bonds is 7. The van der Waals surface area contributed by atoms with E-state index in [1.165, 1.54) is 32.4 Å². The lowest BCUT2D eigenvalue weighted by atomic mass is 9.90. The van der Waals surface area contributed by atoms with Crippen LogP contribution >= 0.6 is 0 Å².